The number of aryl methyl sites for hydroxylation is 1. The Kier molecular flexibility index (Phi) is 13.8. The number of pyridine rings is 1. The third kappa shape index (κ3) is 9.77. The number of ether oxygens (including phenoxy) is 3. The standard InChI is InChI=1S/C41H42ClN5O5/c1-29-16-30(22-45-12-14-48)9-10-38(29)51-27-41(11-5-8-35(36(41)21-44)33-6-3-2-4-7-33)28-52-40-19-39(34(18-37(40)42)25-46-13-15-49)50-26-32-17-31(20-43)23-47-24-32/h2-11,16-19,23-24,36,45-46,48-49H,12-15,22,25-28H2,1H3. The lowest BCUT2D eigenvalue weighted by Crippen LogP contribution is -2.41. The van der Waals surface area contributed by atoms with Crippen LogP contribution in [0.5, 0.6) is 17.2 Å². The van der Waals surface area contributed by atoms with Crippen molar-refractivity contribution in [2.75, 3.05) is 39.5 Å². The summed E-state index contributed by atoms with van der Waals surface area (Å²) < 4.78 is 19.3. The van der Waals surface area contributed by atoms with Crippen molar-refractivity contribution < 1.29 is 24.4 Å². The fourth-order valence-corrected chi connectivity index (χ4v) is 6.25. The molecule has 1 aliphatic carbocycles. The van der Waals surface area contributed by atoms with E-state index in [2.05, 4.69) is 27.8 Å². The van der Waals surface area contributed by atoms with Gasteiger partial charge < -0.3 is 35.1 Å². The first-order valence-corrected chi connectivity index (χ1v) is 17.4. The summed E-state index contributed by atoms with van der Waals surface area (Å²) >= 11 is 6.83. The topological polar surface area (TPSA) is 153 Å². The molecular formula is C41H42ClN5O5. The van der Waals surface area contributed by atoms with Gasteiger partial charge in [-0.05, 0) is 47.4 Å². The summed E-state index contributed by atoms with van der Waals surface area (Å²) in [6, 6.07) is 25.6. The Morgan fingerprint density at radius 3 is 2.31 bits per heavy atom. The first-order valence-electron chi connectivity index (χ1n) is 17.0. The van der Waals surface area contributed by atoms with Gasteiger partial charge >= 0.3 is 0 Å². The zero-order chi connectivity index (χ0) is 36.8. The molecule has 0 spiro atoms. The Hall–Kier alpha value is -5.20. The van der Waals surface area contributed by atoms with Crippen LogP contribution in [-0.4, -0.2) is 54.7 Å². The quantitative estimate of drug-likeness (QED) is 0.0916. The van der Waals surface area contributed by atoms with Crippen LogP contribution in [0, 0.1) is 40.9 Å². The fourth-order valence-electron chi connectivity index (χ4n) is 6.01. The Morgan fingerprint density at radius 2 is 1.60 bits per heavy atom. The highest BCUT2D eigenvalue weighted by molar-refractivity contribution is 6.32. The number of halogens is 1. The molecule has 268 valence electrons. The maximum absolute atomic E-state index is 10.7. The van der Waals surface area contributed by atoms with Gasteiger partial charge in [0.25, 0.3) is 0 Å². The summed E-state index contributed by atoms with van der Waals surface area (Å²) in [6.45, 7) is 4.26. The molecule has 2 unspecified atom stereocenters. The van der Waals surface area contributed by atoms with Crippen LogP contribution >= 0.6 is 11.6 Å². The van der Waals surface area contributed by atoms with Gasteiger partial charge in [0.1, 0.15) is 43.1 Å². The zero-order valence-corrected chi connectivity index (χ0v) is 29.8. The van der Waals surface area contributed by atoms with E-state index in [-0.39, 0.29) is 33.0 Å². The molecule has 1 aromatic heterocycles. The van der Waals surface area contributed by atoms with Gasteiger partial charge in [-0.1, -0.05) is 72.3 Å². The molecule has 10 nitrogen and oxygen atoms in total. The Balaban J connectivity index is 1.44. The minimum atomic E-state index is -0.919. The van der Waals surface area contributed by atoms with Crippen molar-refractivity contribution in [1.82, 2.24) is 15.6 Å². The zero-order valence-electron chi connectivity index (χ0n) is 29.0. The highest BCUT2D eigenvalue weighted by Crippen LogP contribution is 2.44. The molecule has 0 bridgehead atoms. The van der Waals surface area contributed by atoms with Gasteiger partial charge in [0.2, 0.25) is 0 Å². The van der Waals surface area contributed by atoms with Crippen LogP contribution in [0.1, 0.15) is 33.4 Å². The molecule has 1 heterocycles. The van der Waals surface area contributed by atoms with Crippen molar-refractivity contribution in [3.63, 3.8) is 0 Å². The molecule has 5 rings (SSSR count). The van der Waals surface area contributed by atoms with Crippen molar-refractivity contribution >= 4 is 17.2 Å². The summed E-state index contributed by atoms with van der Waals surface area (Å²) in [5.41, 5.74) is 4.77. The molecular weight excluding hydrogens is 678 g/mol. The summed E-state index contributed by atoms with van der Waals surface area (Å²) in [6.07, 6.45) is 9.01. The van der Waals surface area contributed by atoms with E-state index < -0.39 is 11.3 Å². The second-order valence-corrected chi connectivity index (χ2v) is 12.9. The third-order valence-corrected chi connectivity index (χ3v) is 9.01. The summed E-state index contributed by atoms with van der Waals surface area (Å²) in [4.78, 5) is 4.13. The van der Waals surface area contributed by atoms with Crippen LogP contribution in [0.15, 0.2) is 97.4 Å². The largest absolute Gasteiger partial charge is 0.492 e. The van der Waals surface area contributed by atoms with Gasteiger partial charge in [-0.25, -0.2) is 0 Å². The number of nitrogens with one attached hydrogen (secondary N) is 2. The lowest BCUT2D eigenvalue weighted by atomic mass is 9.69. The Bertz CT molecular complexity index is 1960. The van der Waals surface area contributed by atoms with Crippen molar-refractivity contribution in [3.05, 3.63) is 136 Å². The van der Waals surface area contributed by atoms with Crippen molar-refractivity contribution in [1.29, 1.82) is 10.5 Å². The fraction of sp³-hybridized carbons (Fsp3) is 0.293. The molecule has 1 aliphatic rings. The van der Waals surface area contributed by atoms with E-state index in [4.69, 9.17) is 30.9 Å². The van der Waals surface area contributed by atoms with Crippen molar-refractivity contribution in [2.24, 2.45) is 11.3 Å². The molecule has 52 heavy (non-hydrogen) atoms. The van der Waals surface area contributed by atoms with Gasteiger partial charge in [-0.3, -0.25) is 4.98 Å². The van der Waals surface area contributed by atoms with Crippen LogP contribution in [0.2, 0.25) is 5.02 Å². The number of benzene rings is 3. The monoisotopic (exact) mass is 719 g/mol. The predicted molar refractivity (Wildman–Crippen MR) is 200 cm³/mol. The number of allylic oxidation sites excluding steroid dienone is 3. The number of nitriles is 2. The molecule has 4 aromatic rings. The maximum Gasteiger partial charge on any atom is 0.141 e. The summed E-state index contributed by atoms with van der Waals surface area (Å²) in [5, 5.41) is 45.2. The molecule has 0 fully saturated rings. The van der Waals surface area contributed by atoms with Gasteiger partial charge in [0.05, 0.1) is 41.2 Å². The lowest BCUT2D eigenvalue weighted by molar-refractivity contribution is 0.101. The minimum Gasteiger partial charge on any atom is -0.492 e. The highest BCUT2D eigenvalue weighted by Gasteiger charge is 2.43. The van der Waals surface area contributed by atoms with E-state index in [1.165, 1.54) is 6.20 Å². The van der Waals surface area contributed by atoms with E-state index in [1.807, 2.05) is 73.7 Å². The molecule has 2 atom stereocenters. The first kappa shape index (κ1) is 38.0. The first-order chi connectivity index (χ1) is 25.4. The number of hydrogen-bond acceptors (Lipinski definition) is 10. The second kappa shape index (κ2) is 18.9. The van der Waals surface area contributed by atoms with E-state index >= 15 is 0 Å². The number of aromatic nitrogens is 1. The van der Waals surface area contributed by atoms with E-state index in [1.54, 1.807) is 24.4 Å². The maximum atomic E-state index is 10.7. The number of aliphatic hydroxyl groups excluding tert-OH is 2. The van der Waals surface area contributed by atoms with Gasteiger partial charge in [-0.15, -0.1) is 0 Å². The van der Waals surface area contributed by atoms with Gasteiger partial charge in [0.15, 0.2) is 0 Å². The van der Waals surface area contributed by atoms with Crippen molar-refractivity contribution in [3.8, 4) is 29.4 Å². The average molecular weight is 720 g/mol. The molecule has 0 radical (unpaired) electrons. The van der Waals surface area contributed by atoms with E-state index in [9.17, 15) is 15.6 Å². The van der Waals surface area contributed by atoms with Crippen LogP contribution in [-0.2, 0) is 19.7 Å². The molecule has 0 saturated heterocycles. The minimum absolute atomic E-state index is 0.0274. The van der Waals surface area contributed by atoms with E-state index in [0.29, 0.717) is 54.0 Å². The second-order valence-electron chi connectivity index (χ2n) is 12.5. The summed E-state index contributed by atoms with van der Waals surface area (Å²) in [5.74, 6) is 0.929. The predicted octanol–water partition coefficient (Wildman–Crippen LogP) is 5.90. The Morgan fingerprint density at radius 1 is 0.846 bits per heavy atom. The van der Waals surface area contributed by atoms with Crippen molar-refractivity contribution in [2.45, 2.75) is 26.6 Å². The third-order valence-electron chi connectivity index (χ3n) is 8.71. The van der Waals surface area contributed by atoms with Gasteiger partial charge in [0, 0.05) is 55.8 Å². The molecule has 0 amide bonds. The molecule has 11 heteroatoms. The van der Waals surface area contributed by atoms with E-state index in [0.717, 1.165) is 33.4 Å². The van der Waals surface area contributed by atoms with Crippen LogP contribution in [0.4, 0.5) is 0 Å². The number of nitrogens with zero attached hydrogens (tertiary/aromatic N) is 3. The Labute approximate surface area is 309 Å². The molecule has 3 aromatic carbocycles. The normalized spacial score (nSPS) is 16.4. The lowest BCUT2D eigenvalue weighted by Gasteiger charge is -2.38. The smallest absolute Gasteiger partial charge is 0.141 e. The van der Waals surface area contributed by atoms with Crippen LogP contribution in [0.3, 0.4) is 0 Å². The van der Waals surface area contributed by atoms with Crippen LogP contribution < -0.4 is 24.8 Å². The van der Waals surface area contributed by atoms with Crippen LogP contribution in [0.25, 0.3) is 5.57 Å². The number of aliphatic hydroxyl groups is 2. The molecule has 4 N–H and O–H groups in total. The SMILES string of the molecule is Cc1cc(CNCCO)ccc1OCC1(COc2cc(OCc3cncc(C#N)c3)c(CNCCO)cc2Cl)C=CC=C(c2ccccc2)C1C#N. The highest BCUT2D eigenvalue weighted by atomic mass is 35.5. The number of rotatable bonds is 18. The average Bonchev–Trinajstić information content (AvgIpc) is 3.17. The van der Waals surface area contributed by atoms with Gasteiger partial charge in [-0.2, -0.15) is 10.5 Å². The summed E-state index contributed by atoms with van der Waals surface area (Å²) in [7, 11) is 0. The molecule has 0 saturated carbocycles. The number of hydrogen-bond donors (Lipinski definition) is 4. The molecule has 0 aliphatic heterocycles.